The summed E-state index contributed by atoms with van der Waals surface area (Å²) in [5.41, 5.74) is 6.38. The van der Waals surface area contributed by atoms with Gasteiger partial charge in [0, 0.05) is 17.5 Å². The van der Waals surface area contributed by atoms with E-state index in [4.69, 9.17) is 0 Å². The van der Waals surface area contributed by atoms with E-state index in [1.54, 1.807) is 35.4 Å². The van der Waals surface area contributed by atoms with Crippen LogP contribution in [-0.4, -0.2) is 17.1 Å². The molecule has 0 radical (unpaired) electrons. The summed E-state index contributed by atoms with van der Waals surface area (Å²) in [6.07, 6.45) is 5.28. The van der Waals surface area contributed by atoms with E-state index in [-0.39, 0.29) is 5.91 Å². The van der Waals surface area contributed by atoms with Crippen LogP contribution in [0.15, 0.2) is 94.4 Å². The first-order valence-corrected chi connectivity index (χ1v) is 11.2. The highest BCUT2D eigenvalue weighted by Crippen LogP contribution is 2.31. The molecule has 0 aliphatic heterocycles. The molecule has 0 saturated carbocycles. The molecule has 4 nitrogen and oxygen atoms in total. The predicted molar refractivity (Wildman–Crippen MR) is 127 cm³/mol. The summed E-state index contributed by atoms with van der Waals surface area (Å²) in [4.78, 5) is 16.8. The van der Waals surface area contributed by atoms with Crippen molar-refractivity contribution in [2.45, 2.75) is 10.1 Å². The van der Waals surface area contributed by atoms with Crippen molar-refractivity contribution in [3.8, 4) is 0 Å². The molecule has 1 aromatic heterocycles. The summed E-state index contributed by atoms with van der Waals surface area (Å²) in [6, 6.07) is 25.6. The summed E-state index contributed by atoms with van der Waals surface area (Å²) in [5, 5.41) is 3.96. The summed E-state index contributed by atoms with van der Waals surface area (Å²) in [7, 11) is 0. The van der Waals surface area contributed by atoms with E-state index in [0.717, 1.165) is 26.7 Å². The standard InChI is InChI=1S/C24H19N3OS2/c28-23(27-25-16-6-9-18-7-2-1-3-8-18)20-14-12-19(13-15-20)17-29-24-26-21-10-4-5-11-22(21)30-24/h1-16H,17H2,(H,27,28)/b9-6+,25-16+. The Hall–Kier alpha value is -3.22. The molecule has 0 saturated heterocycles. The van der Waals surface area contributed by atoms with Crippen molar-refractivity contribution in [3.05, 3.63) is 102 Å². The lowest BCUT2D eigenvalue weighted by atomic mass is 10.1. The molecule has 4 aromatic rings. The van der Waals surface area contributed by atoms with Gasteiger partial charge in [-0.3, -0.25) is 4.79 Å². The van der Waals surface area contributed by atoms with Crippen LogP contribution in [0.5, 0.6) is 0 Å². The lowest BCUT2D eigenvalue weighted by molar-refractivity contribution is 0.0955. The molecule has 0 atom stereocenters. The Morgan fingerprint density at radius 1 is 1.00 bits per heavy atom. The number of amides is 1. The SMILES string of the molecule is O=C(N/N=C/C=C/c1ccccc1)c1ccc(CSc2nc3ccccc3s2)cc1. The summed E-state index contributed by atoms with van der Waals surface area (Å²) < 4.78 is 2.25. The second kappa shape index (κ2) is 10.0. The fourth-order valence-electron chi connectivity index (χ4n) is 2.73. The van der Waals surface area contributed by atoms with Gasteiger partial charge in [-0.05, 0) is 41.5 Å². The zero-order valence-electron chi connectivity index (χ0n) is 16.1. The van der Waals surface area contributed by atoms with Crippen LogP contribution in [0.1, 0.15) is 21.5 Å². The second-order valence-electron chi connectivity index (χ2n) is 6.42. The van der Waals surface area contributed by atoms with Crippen molar-refractivity contribution >= 4 is 51.5 Å². The fourth-order valence-corrected chi connectivity index (χ4v) is 4.76. The predicted octanol–water partition coefficient (Wildman–Crippen LogP) is 6.02. The number of thiazole rings is 1. The van der Waals surface area contributed by atoms with Gasteiger partial charge in [0.25, 0.3) is 5.91 Å². The monoisotopic (exact) mass is 429 g/mol. The van der Waals surface area contributed by atoms with Crippen molar-refractivity contribution in [2.75, 3.05) is 0 Å². The first-order chi connectivity index (χ1) is 14.8. The van der Waals surface area contributed by atoms with Crippen LogP contribution in [0.4, 0.5) is 0 Å². The number of benzene rings is 3. The maximum atomic E-state index is 12.2. The lowest BCUT2D eigenvalue weighted by Crippen LogP contribution is -2.17. The molecule has 0 aliphatic rings. The average molecular weight is 430 g/mol. The summed E-state index contributed by atoms with van der Waals surface area (Å²) in [6.45, 7) is 0. The molecule has 0 bridgehead atoms. The van der Waals surface area contributed by atoms with Crippen LogP contribution < -0.4 is 5.43 Å². The third-order valence-electron chi connectivity index (χ3n) is 4.27. The molecule has 0 spiro atoms. The molecule has 30 heavy (non-hydrogen) atoms. The van der Waals surface area contributed by atoms with E-state index in [2.05, 4.69) is 21.6 Å². The number of hydrogen-bond donors (Lipinski definition) is 1. The largest absolute Gasteiger partial charge is 0.271 e. The first-order valence-electron chi connectivity index (χ1n) is 9.40. The number of nitrogens with one attached hydrogen (secondary N) is 1. The number of hydrazone groups is 1. The molecule has 0 fully saturated rings. The number of thioether (sulfide) groups is 1. The number of nitrogens with zero attached hydrogens (tertiary/aromatic N) is 2. The summed E-state index contributed by atoms with van der Waals surface area (Å²) in [5.74, 6) is 0.578. The molecule has 6 heteroatoms. The van der Waals surface area contributed by atoms with Gasteiger partial charge in [0.1, 0.15) is 0 Å². The van der Waals surface area contributed by atoms with Crippen molar-refractivity contribution < 1.29 is 4.79 Å². The van der Waals surface area contributed by atoms with E-state index >= 15 is 0 Å². The van der Waals surface area contributed by atoms with Crippen LogP contribution in [0.3, 0.4) is 0 Å². The average Bonchev–Trinajstić information content (AvgIpc) is 3.21. The van der Waals surface area contributed by atoms with Crippen molar-refractivity contribution in [1.82, 2.24) is 10.4 Å². The molecule has 0 aliphatic carbocycles. The first kappa shape index (κ1) is 20.1. The van der Waals surface area contributed by atoms with Crippen LogP contribution in [-0.2, 0) is 5.75 Å². The third kappa shape index (κ3) is 5.43. The molecule has 1 N–H and O–H groups in total. The van der Waals surface area contributed by atoms with Crippen LogP contribution in [0.25, 0.3) is 16.3 Å². The van der Waals surface area contributed by atoms with E-state index < -0.39 is 0 Å². The highest BCUT2D eigenvalue weighted by Gasteiger charge is 2.06. The lowest BCUT2D eigenvalue weighted by Gasteiger charge is -2.02. The number of carbonyl (C=O) groups is 1. The van der Waals surface area contributed by atoms with Gasteiger partial charge in [0.05, 0.1) is 10.2 Å². The Morgan fingerprint density at radius 2 is 1.77 bits per heavy atom. The number of para-hydroxylation sites is 1. The van der Waals surface area contributed by atoms with E-state index in [1.807, 2.05) is 78.9 Å². The number of hydrogen-bond acceptors (Lipinski definition) is 5. The van der Waals surface area contributed by atoms with Gasteiger partial charge < -0.3 is 0 Å². The van der Waals surface area contributed by atoms with Crippen molar-refractivity contribution in [3.63, 3.8) is 0 Å². The van der Waals surface area contributed by atoms with Crippen LogP contribution in [0, 0.1) is 0 Å². The second-order valence-corrected chi connectivity index (χ2v) is 8.68. The Kier molecular flexibility index (Phi) is 6.69. The Bertz CT molecular complexity index is 1150. The number of rotatable bonds is 7. The molecule has 3 aromatic carbocycles. The molecular weight excluding hydrogens is 410 g/mol. The Morgan fingerprint density at radius 3 is 2.57 bits per heavy atom. The maximum absolute atomic E-state index is 12.2. The molecule has 1 heterocycles. The highest BCUT2D eigenvalue weighted by molar-refractivity contribution is 8.00. The minimum absolute atomic E-state index is 0.232. The molecule has 4 rings (SSSR count). The van der Waals surface area contributed by atoms with Crippen LogP contribution >= 0.6 is 23.1 Å². The normalized spacial score (nSPS) is 11.5. The van der Waals surface area contributed by atoms with E-state index in [1.165, 1.54) is 4.70 Å². The van der Waals surface area contributed by atoms with Crippen molar-refractivity contribution in [1.29, 1.82) is 0 Å². The van der Waals surface area contributed by atoms with Gasteiger partial charge in [-0.1, -0.05) is 72.4 Å². The van der Waals surface area contributed by atoms with E-state index in [0.29, 0.717) is 5.56 Å². The zero-order valence-corrected chi connectivity index (χ0v) is 17.7. The van der Waals surface area contributed by atoms with E-state index in [9.17, 15) is 4.79 Å². The third-order valence-corrected chi connectivity index (χ3v) is 6.52. The van der Waals surface area contributed by atoms with Gasteiger partial charge >= 0.3 is 0 Å². The number of carbonyl (C=O) groups excluding carboxylic acids is 1. The van der Waals surface area contributed by atoms with Gasteiger partial charge in [0.15, 0.2) is 4.34 Å². The molecule has 148 valence electrons. The molecule has 0 unspecified atom stereocenters. The quantitative estimate of drug-likeness (QED) is 0.222. The Balaban J connectivity index is 1.27. The minimum atomic E-state index is -0.232. The molecule has 1 amide bonds. The number of allylic oxidation sites excluding steroid dienone is 1. The smallest absolute Gasteiger partial charge is 0.267 e. The van der Waals surface area contributed by atoms with Crippen LogP contribution in [0.2, 0.25) is 0 Å². The fraction of sp³-hybridized carbons (Fsp3) is 0.0417. The highest BCUT2D eigenvalue weighted by atomic mass is 32.2. The zero-order chi connectivity index (χ0) is 20.6. The van der Waals surface area contributed by atoms with Crippen molar-refractivity contribution in [2.24, 2.45) is 5.10 Å². The summed E-state index contributed by atoms with van der Waals surface area (Å²) >= 11 is 3.41. The topological polar surface area (TPSA) is 54.4 Å². The number of aromatic nitrogens is 1. The van der Waals surface area contributed by atoms with Gasteiger partial charge in [-0.15, -0.1) is 11.3 Å². The van der Waals surface area contributed by atoms with Gasteiger partial charge in [-0.2, -0.15) is 5.10 Å². The Labute approximate surface area is 183 Å². The van der Waals surface area contributed by atoms with Gasteiger partial charge in [0.2, 0.25) is 0 Å². The molecular formula is C24H19N3OS2. The van der Waals surface area contributed by atoms with Gasteiger partial charge in [-0.25, -0.2) is 10.4 Å². The minimum Gasteiger partial charge on any atom is -0.267 e. The maximum Gasteiger partial charge on any atom is 0.271 e. The number of fused-ring (bicyclic) bond motifs is 1.